The second kappa shape index (κ2) is 11.7. The molecule has 39 heavy (non-hydrogen) atoms. The maximum atomic E-state index is 13.4. The molecule has 0 atom stereocenters. The summed E-state index contributed by atoms with van der Waals surface area (Å²) in [6.07, 6.45) is 16.2. The number of carbonyl (C=O) groups excluding carboxylic acids is 1. The summed E-state index contributed by atoms with van der Waals surface area (Å²) in [4.78, 5) is 32.4. The van der Waals surface area contributed by atoms with E-state index in [0.717, 1.165) is 24.7 Å². The van der Waals surface area contributed by atoms with Gasteiger partial charge in [-0.2, -0.15) is 0 Å². The third kappa shape index (κ3) is 6.12. The number of aromatic amines is 2. The van der Waals surface area contributed by atoms with Crippen molar-refractivity contribution in [3.63, 3.8) is 0 Å². The fourth-order valence-corrected chi connectivity index (χ4v) is 5.67. The number of fused-ring (bicyclic) bond motifs is 1. The number of hydrogen-bond donors (Lipinski definition) is 3. The molecule has 3 N–H and O–H groups in total. The standard InChI is InChI=1S/C31H35N7O/c39-31(38(21-29-32-14-15-33-29)22-30-34-16-17-35-30)25-7-5-23(6-8-25)19-36-27-9-11-28(12-10-27)37-18-13-24-3-1-2-4-26(24)20-37/h1-8,13-18,27-28,36H,9-12,19-22H2,(H,32,33)(H,34,35). The van der Waals surface area contributed by atoms with Crippen molar-refractivity contribution in [2.45, 2.75) is 63.9 Å². The van der Waals surface area contributed by atoms with Crippen LogP contribution in [0.2, 0.25) is 0 Å². The molecular weight excluding hydrogens is 486 g/mol. The smallest absolute Gasteiger partial charge is 0.254 e. The quantitative estimate of drug-likeness (QED) is 0.292. The predicted molar refractivity (Wildman–Crippen MR) is 151 cm³/mol. The molecule has 1 aliphatic heterocycles. The van der Waals surface area contributed by atoms with Gasteiger partial charge in [-0.05, 0) is 60.6 Å². The molecule has 8 nitrogen and oxygen atoms in total. The molecule has 2 aliphatic rings. The molecular formula is C31H35N7O. The fraction of sp³-hybridized carbons (Fsp3) is 0.323. The maximum absolute atomic E-state index is 13.4. The minimum Gasteiger partial charge on any atom is -0.370 e. The minimum atomic E-state index is -0.0463. The van der Waals surface area contributed by atoms with Crippen molar-refractivity contribution in [2.24, 2.45) is 0 Å². The molecule has 3 heterocycles. The largest absolute Gasteiger partial charge is 0.370 e. The summed E-state index contributed by atoms with van der Waals surface area (Å²) >= 11 is 0. The van der Waals surface area contributed by atoms with Crippen LogP contribution in [0.15, 0.2) is 79.5 Å². The lowest BCUT2D eigenvalue weighted by molar-refractivity contribution is 0.0721. The monoisotopic (exact) mass is 521 g/mol. The van der Waals surface area contributed by atoms with Gasteiger partial charge in [0.2, 0.25) is 0 Å². The van der Waals surface area contributed by atoms with Crippen molar-refractivity contribution in [2.75, 3.05) is 0 Å². The van der Waals surface area contributed by atoms with E-state index in [9.17, 15) is 4.79 Å². The number of amides is 1. The predicted octanol–water partition coefficient (Wildman–Crippen LogP) is 4.86. The van der Waals surface area contributed by atoms with E-state index in [1.165, 1.54) is 42.4 Å². The second-order valence-electron chi connectivity index (χ2n) is 10.5. The van der Waals surface area contributed by atoms with Gasteiger partial charge in [0.15, 0.2) is 0 Å². The van der Waals surface area contributed by atoms with Gasteiger partial charge in [-0.1, -0.05) is 36.4 Å². The third-order valence-electron chi connectivity index (χ3n) is 7.89. The van der Waals surface area contributed by atoms with Gasteiger partial charge in [0.05, 0.1) is 13.1 Å². The molecule has 2 aromatic carbocycles. The number of aromatic nitrogens is 4. The van der Waals surface area contributed by atoms with Gasteiger partial charge in [0, 0.05) is 61.7 Å². The Hall–Kier alpha value is -4.17. The van der Waals surface area contributed by atoms with Crippen LogP contribution in [0.4, 0.5) is 0 Å². The zero-order valence-corrected chi connectivity index (χ0v) is 22.1. The first-order valence-corrected chi connectivity index (χ1v) is 13.8. The first-order chi connectivity index (χ1) is 19.2. The van der Waals surface area contributed by atoms with Crippen LogP contribution < -0.4 is 5.32 Å². The summed E-state index contributed by atoms with van der Waals surface area (Å²) < 4.78 is 0. The molecule has 0 saturated heterocycles. The van der Waals surface area contributed by atoms with Crippen molar-refractivity contribution >= 4 is 12.0 Å². The van der Waals surface area contributed by atoms with Crippen LogP contribution in [-0.4, -0.2) is 47.7 Å². The molecule has 1 aliphatic carbocycles. The van der Waals surface area contributed by atoms with Crippen LogP contribution in [0.25, 0.3) is 6.08 Å². The SMILES string of the molecule is O=C(c1ccc(CNC2CCC(N3C=Cc4ccccc4C3)CC2)cc1)N(Cc1ncc[nH]1)Cc1ncc[nH]1. The number of benzene rings is 2. The van der Waals surface area contributed by atoms with Crippen LogP contribution >= 0.6 is 0 Å². The molecule has 1 amide bonds. The lowest BCUT2D eigenvalue weighted by Crippen LogP contribution is -2.40. The lowest BCUT2D eigenvalue weighted by Gasteiger charge is -2.38. The van der Waals surface area contributed by atoms with E-state index in [4.69, 9.17) is 0 Å². The molecule has 1 saturated carbocycles. The maximum Gasteiger partial charge on any atom is 0.254 e. The average Bonchev–Trinajstić information content (AvgIpc) is 3.71. The van der Waals surface area contributed by atoms with Gasteiger partial charge in [-0.15, -0.1) is 0 Å². The van der Waals surface area contributed by atoms with E-state index < -0.39 is 0 Å². The molecule has 0 unspecified atom stereocenters. The Bertz CT molecular complexity index is 1330. The Kier molecular flexibility index (Phi) is 7.54. The number of carbonyl (C=O) groups is 1. The lowest BCUT2D eigenvalue weighted by atomic mass is 9.89. The summed E-state index contributed by atoms with van der Waals surface area (Å²) in [5.74, 6) is 1.44. The van der Waals surface area contributed by atoms with Crippen LogP contribution in [-0.2, 0) is 26.2 Å². The normalized spacial score (nSPS) is 18.6. The second-order valence-corrected chi connectivity index (χ2v) is 10.5. The Morgan fingerprint density at radius 3 is 2.28 bits per heavy atom. The topological polar surface area (TPSA) is 92.9 Å². The number of rotatable bonds is 9. The highest BCUT2D eigenvalue weighted by Crippen LogP contribution is 2.28. The molecule has 4 aromatic rings. The zero-order chi connectivity index (χ0) is 26.4. The van der Waals surface area contributed by atoms with Crippen LogP contribution in [0.1, 0.15) is 64.4 Å². The first kappa shape index (κ1) is 25.1. The van der Waals surface area contributed by atoms with Gasteiger partial charge in [0.25, 0.3) is 5.91 Å². The summed E-state index contributed by atoms with van der Waals surface area (Å²) in [7, 11) is 0. The molecule has 0 radical (unpaired) electrons. The Balaban J connectivity index is 1.000. The fourth-order valence-electron chi connectivity index (χ4n) is 5.67. The molecule has 0 spiro atoms. The van der Waals surface area contributed by atoms with Crippen molar-refractivity contribution in [1.82, 2.24) is 35.1 Å². The van der Waals surface area contributed by atoms with Crippen molar-refractivity contribution in [1.29, 1.82) is 0 Å². The van der Waals surface area contributed by atoms with Gasteiger partial charge in [-0.25, -0.2) is 9.97 Å². The summed E-state index contributed by atoms with van der Waals surface area (Å²) in [5, 5.41) is 3.75. The number of hydrogen-bond acceptors (Lipinski definition) is 5. The zero-order valence-electron chi connectivity index (χ0n) is 22.1. The number of nitrogens with zero attached hydrogens (tertiary/aromatic N) is 4. The first-order valence-electron chi connectivity index (χ1n) is 13.8. The van der Waals surface area contributed by atoms with E-state index in [0.29, 0.717) is 30.7 Å². The van der Waals surface area contributed by atoms with E-state index in [1.54, 1.807) is 29.7 Å². The summed E-state index contributed by atoms with van der Waals surface area (Å²) in [6, 6.07) is 17.8. The van der Waals surface area contributed by atoms with Crippen molar-refractivity contribution < 1.29 is 4.79 Å². The highest BCUT2D eigenvalue weighted by molar-refractivity contribution is 5.94. The Morgan fingerprint density at radius 2 is 1.62 bits per heavy atom. The van der Waals surface area contributed by atoms with Crippen molar-refractivity contribution in [3.8, 4) is 0 Å². The number of imidazole rings is 2. The Morgan fingerprint density at radius 1 is 0.923 bits per heavy atom. The highest BCUT2D eigenvalue weighted by atomic mass is 16.2. The van der Waals surface area contributed by atoms with Crippen LogP contribution in [0.5, 0.6) is 0 Å². The molecule has 2 aromatic heterocycles. The van der Waals surface area contributed by atoms with E-state index in [1.807, 2.05) is 12.1 Å². The number of nitrogens with one attached hydrogen (secondary N) is 3. The molecule has 0 bridgehead atoms. The molecule has 200 valence electrons. The minimum absolute atomic E-state index is 0.0463. The van der Waals surface area contributed by atoms with E-state index >= 15 is 0 Å². The van der Waals surface area contributed by atoms with Crippen LogP contribution in [0, 0.1) is 0 Å². The van der Waals surface area contributed by atoms with Crippen LogP contribution in [0.3, 0.4) is 0 Å². The number of H-pyrrole nitrogens is 2. The highest BCUT2D eigenvalue weighted by Gasteiger charge is 2.26. The Labute approximate surface area is 229 Å². The van der Waals surface area contributed by atoms with E-state index in [2.05, 4.69) is 78.8 Å². The average molecular weight is 522 g/mol. The molecule has 8 heteroatoms. The van der Waals surface area contributed by atoms with Gasteiger partial charge in [0.1, 0.15) is 11.6 Å². The van der Waals surface area contributed by atoms with Gasteiger partial charge in [-0.3, -0.25) is 4.79 Å². The van der Waals surface area contributed by atoms with Gasteiger partial charge >= 0.3 is 0 Å². The third-order valence-corrected chi connectivity index (χ3v) is 7.89. The summed E-state index contributed by atoms with van der Waals surface area (Å²) in [5.41, 5.74) is 4.62. The van der Waals surface area contributed by atoms with Gasteiger partial charge < -0.3 is 25.1 Å². The molecule has 6 rings (SSSR count). The van der Waals surface area contributed by atoms with Crippen molar-refractivity contribution in [3.05, 3.63) is 113 Å². The molecule has 1 fully saturated rings. The summed E-state index contributed by atoms with van der Waals surface area (Å²) in [6.45, 7) is 2.60. The van der Waals surface area contributed by atoms with E-state index in [-0.39, 0.29) is 5.91 Å².